The second-order valence-electron chi connectivity index (χ2n) is 6.77. The van der Waals surface area contributed by atoms with Crippen molar-refractivity contribution in [2.75, 3.05) is 0 Å². The minimum Gasteiger partial charge on any atom is -0.353 e. The Labute approximate surface area is 122 Å². The van der Waals surface area contributed by atoms with Crippen LogP contribution in [0.1, 0.15) is 48.8 Å². The van der Waals surface area contributed by atoms with E-state index in [2.05, 4.69) is 37.4 Å². The van der Waals surface area contributed by atoms with Gasteiger partial charge in [-0.3, -0.25) is 4.79 Å². The Morgan fingerprint density at radius 2 is 2.05 bits per heavy atom. The van der Waals surface area contributed by atoms with E-state index in [0.29, 0.717) is 12.5 Å². The number of carbonyl (C=O) groups excluding carboxylic acids is 1. The molecule has 2 bridgehead atoms. The first kappa shape index (κ1) is 13.7. The van der Waals surface area contributed by atoms with Gasteiger partial charge in [-0.2, -0.15) is 0 Å². The van der Waals surface area contributed by atoms with Crippen molar-refractivity contribution in [2.45, 2.75) is 58.4 Å². The van der Waals surface area contributed by atoms with Gasteiger partial charge < -0.3 is 5.32 Å². The van der Waals surface area contributed by atoms with Gasteiger partial charge in [0.25, 0.3) is 0 Å². The summed E-state index contributed by atoms with van der Waals surface area (Å²) in [5.74, 6) is 1.90. The number of nitrogens with one attached hydrogen (secondary N) is 1. The predicted octanol–water partition coefficient (Wildman–Crippen LogP) is 3.54. The van der Waals surface area contributed by atoms with Crippen molar-refractivity contribution in [1.29, 1.82) is 0 Å². The largest absolute Gasteiger partial charge is 0.353 e. The smallest absolute Gasteiger partial charge is 0.220 e. The molecule has 1 aromatic rings. The van der Waals surface area contributed by atoms with E-state index in [1.807, 2.05) is 0 Å². The summed E-state index contributed by atoms with van der Waals surface area (Å²) >= 11 is 0. The summed E-state index contributed by atoms with van der Waals surface area (Å²) in [5, 5.41) is 3.27. The van der Waals surface area contributed by atoms with Crippen LogP contribution in [-0.2, 0) is 11.2 Å². The molecule has 20 heavy (non-hydrogen) atoms. The fourth-order valence-corrected chi connectivity index (χ4v) is 3.92. The van der Waals surface area contributed by atoms with Crippen LogP contribution >= 0.6 is 0 Å². The van der Waals surface area contributed by atoms with Gasteiger partial charge in [0.15, 0.2) is 0 Å². The molecule has 2 saturated carbocycles. The molecule has 0 heterocycles. The Bertz CT molecular complexity index is 508. The SMILES string of the molecule is Cc1ccc(CCC(=O)N[C@H]2C[C@H]3CC[C@@H]2C3)cc1C. The standard InChI is InChI=1S/C18H25NO/c1-12-3-4-14(9-13(12)2)6-8-18(20)19-17-11-15-5-7-16(17)10-15/h3-4,9,15-17H,5-8,10-11H2,1-2H3,(H,19,20)/t15-,16+,17-/m0/s1. The fraction of sp³-hybridized carbons (Fsp3) is 0.611. The first-order valence-corrected chi connectivity index (χ1v) is 7.97. The van der Waals surface area contributed by atoms with E-state index < -0.39 is 0 Å². The topological polar surface area (TPSA) is 29.1 Å². The molecule has 1 N–H and O–H groups in total. The lowest BCUT2D eigenvalue weighted by Gasteiger charge is -2.22. The maximum Gasteiger partial charge on any atom is 0.220 e. The highest BCUT2D eigenvalue weighted by Crippen LogP contribution is 2.44. The molecule has 2 nitrogen and oxygen atoms in total. The number of hydrogen-bond acceptors (Lipinski definition) is 1. The van der Waals surface area contributed by atoms with Gasteiger partial charge in [0.1, 0.15) is 0 Å². The summed E-state index contributed by atoms with van der Waals surface area (Å²) < 4.78 is 0. The maximum absolute atomic E-state index is 12.1. The minimum absolute atomic E-state index is 0.237. The van der Waals surface area contributed by atoms with E-state index in [1.165, 1.54) is 42.4 Å². The maximum atomic E-state index is 12.1. The Balaban J connectivity index is 1.48. The third-order valence-corrected chi connectivity index (χ3v) is 5.30. The number of amides is 1. The van der Waals surface area contributed by atoms with Crippen LogP contribution in [-0.4, -0.2) is 11.9 Å². The van der Waals surface area contributed by atoms with Crippen molar-refractivity contribution in [1.82, 2.24) is 5.32 Å². The molecule has 2 aliphatic carbocycles. The average Bonchev–Trinajstić information content (AvgIpc) is 3.02. The van der Waals surface area contributed by atoms with Gasteiger partial charge in [-0.15, -0.1) is 0 Å². The molecule has 1 amide bonds. The van der Waals surface area contributed by atoms with Crippen LogP contribution in [0.4, 0.5) is 0 Å². The number of fused-ring (bicyclic) bond motifs is 2. The van der Waals surface area contributed by atoms with Gasteiger partial charge in [0.2, 0.25) is 5.91 Å². The normalized spacial score (nSPS) is 27.8. The van der Waals surface area contributed by atoms with Gasteiger partial charge in [0.05, 0.1) is 0 Å². The molecular formula is C18H25NO. The molecule has 3 atom stereocenters. The number of hydrogen-bond donors (Lipinski definition) is 1. The fourth-order valence-electron chi connectivity index (χ4n) is 3.92. The van der Waals surface area contributed by atoms with Crippen LogP contribution in [0.25, 0.3) is 0 Å². The minimum atomic E-state index is 0.237. The zero-order valence-corrected chi connectivity index (χ0v) is 12.6. The van der Waals surface area contributed by atoms with E-state index >= 15 is 0 Å². The molecule has 2 aliphatic rings. The third kappa shape index (κ3) is 2.89. The Hall–Kier alpha value is -1.31. The molecule has 3 rings (SSSR count). The van der Waals surface area contributed by atoms with Crippen molar-refractivity contribution in [2.24, 2.45) is 11.8 Å². The number of benzene rings is 1. The highest BCUT2D eigenvalue weighted by molar-refractivity contribution is 5.76. The van der Waals surface area contributed by atoms with Crippen molar-refractivity contribution < 1.29 is 4.79 Å². The summed E-state index contributed by atoms with van der Waals surface area (Å²) in [4.78, 5) is 12.1. The monoisotopic (exact) mass is 271 g/mol. The van der Waals surface area contributed by atoms with Gasteiger partial charge in [-0.05, 0) is 68.1 Å². The second kappa shape index (κ2) is 5.59. The van der Waals surface area contributed by atoms with Crippen molar-refractivity contribution in [3.8, 4) is 0 Å². The van der Waals surface area contributed by atoms with Crippen LogP contribution in [0.15, 0.2) is 18.2 Å². The predicted molar refractivity (Wildman–Crippen MR) is 81.6 cm³/mol. The Morgan fingerprint density at radius 3 is 2.70 bits per heavy atom. The summed E-state index contributed by atoms with van der Waals surface area (Å²) in [6, 6.07) is 6.98. The van der Waals surface area contributed by atoms with E-state index in [1.54, 1.807) is 0 Å². The first-order valence-electron chi connectivity index (χ1n) is 7.97. The highest BCUT2D eigenvalue weighted by atomic mass is 16.1. The van der Waals surface area contributed by atoms with Crippen LogP contribution in [0, 0.1) is 25.7 Å². The van der Waals surface area contributed by atoms with Crippen LogP contribution in [0.5, 0.6) is 0 Å². The first-order chi connectivity index (χ1) is 9.61. The molecule has 1 aromatic carbocycles. The number of rotatable bonds is 4. The van der Waals surface area contributed by atoms with Crippen LogP contribution in [0.3, 0.4) is 0 Å². The van der Waals surface area contributed by atoms with Crippen LogP contribution in [0.2, 0.25) is 0 Å². The van der Waals surface area contributed by atoms with Crippen LogP contribution < -0.4 is 5.32 Å². The van der Waals surface area contributed by atoms with Gasteiger partial charge in [-0.1, -0.05) is 24.6 Å². The molecule has 0 saturated heterocycles. The van der Waals surface area contributed by atoms with Crippen molar-refractivity contribution >= 4 is 5.91 Å². The lowest BCUT2D eigenvalue weighted by atomic mass is 9.95. The van der Waals surface area contributed by atoms with Gasteiger partial charge in [0, 0.05) is 12.5 Å². The van der Waals surface area contributed by atoms with E-state index in [-0.39, 0.29) is 5.91 Å². The quantitative estimate of drug-likeness (QED) is 0.891. The second-order valence-corrected chi connectivity index (χ2v) is 6.77. The number of carbonyl (C=O) groups is 1. The zero-order chi connectivity index (χ0) is 14.1. The number of aryl methyl sites for hydroxylation is 3. The lowest BCUT2D eigenvalue weighted by Crippen LogP contribution is -2.38. The van der Waals surface area contributed by atoms with Gasteiger partial charge >= 0.3 is 0 Å². The molecule has 2 fully saturated rings. The molecule has 0 radical (unpaired) electrons. The van der Waals surface area contributed by atoms with Gasteiger partial charge in [-0.25, -0.2) is 0 Å². The molecule has 0 aromatic heterocycles. The summed E-state index contributed by atoms with van der Waals surface area (Å²) in [6.07, 6.45) is 6.76. The Kier molecular flexibility index (Phi) is 3.82. The highest BCUT2D eigenvalue weighted by Gasteiger charge is 2.39. The lowest BCUT2D eigenvalue weighted by molar-refractivity contribution is -0.122. The summed E-state index contributed by atoms with van der Waals surface area (Å²) in [7, 11) is 0. The van der Waals surface area contributed by atoms with Crippen molar-refractivity contribution in [3.05, 3.63) is 34.9 Å². The molecule has 108 valence electrons. The summed E-state index contributed by atoms with van der Waals surface area (Å²) in [5.41, 5.74) is 3.91. The van der Waals surface area contributed by atoms with E-state index in [0.717, 1.165) is 18.3 Å². The van der Waals surface area contributed by atoms with E-state index in [9.17, 15) is 4.79 Å². The zero-order valence-electron chi connectivity index (χ0n) is 12.6. The molecule has 2 heteroatoms. The average molecular weight is 271 g/mol. The summed E-state index contributed by atoms with van der Waals surface area (Å²) in [6.45, 7) is 4.26. The molecule has 0 aliphatic heterocycles. The molecule has 0 spiro atoms. The third-order valence-electron chi connectivity index (χ3n) is 5.30. The van der Waals surface area contributed by atoms with E-state index in [4.69, 9.17) is 0 Å². The molecular weight excluding hydrogens is 246 g/mol. The van der Waals surface area contributed by atoms with Crippen molar-refractivity contribution in [3.63, 3.8) is 0 Å². The Morgan fingerprint density at radius 1 is 1.20 bits per heavy atom. The molecule has 0 unspecified atom stereocenters.